The summed E-state index contributed by atoms with van der Waals surface area (Å²) in [5, 5.41) is 9.15. The highest BCUT2D eigenvalue weighted by Gasteiger charge is 2.28. The molecule has 1 aromatic heterocycles. The second-order valence-corrected chi connectivity index (χ2v) is 5.98. The fourth-order valence-electron chi connectivity index (χ4n) is 2.02. The van der Waals surface area contributed by atoms with Crippen LogP contribution in [-0.2, 0) is 11.2 Å². The highest BCUT2D eigenvalue weighted by atomic mass is 16.4. The topological polar surface area (TPSA) is 66.0 Å². The third kappa shape index (κ3) is 2.78. The first-order valence-corrected chi connectivity index (χ1v) is 6.51. The van der Waals surface area contributed by atoms with Crippen molar-refractivity contribution < 1.29 is 9.90 Å². The number of fused-ring (bicyclic) bond motifs is 1. The van der Waals surface area contributed by atoms with Gasteiger partial charge in [0.1, 0.15) is 5.82 Å². The van der Waals surface area contributed by atoms with Crippen molar-refractivity contribution in [1.82, 2.24) is 9.97 Å². The molecule has 19 heavy (non-hydrogen) atoms. The van der Waals surface area contributed by atoms with E-state index in [-0.39, 0.29) is 0 Å². The molecule has 0 bridgehead atoms. The Hall–Kier alpha value is -1.84. The molecule has 2 N–H and O–H groups in total. The van der Waals surface area contributed by atoms with E-state index in [0.29, 0.717) is 12.3 Å². The maximum absolute atomic E-state index is 11.1. The summed E-state index contributed by atoms with van der Waals surface area (Å²) in [6.45, 7) is 7.71. The molecule has 0 saturated carbocycles. The van der Waals surface area contributed by atoms with Gasteiger partial charge in [0.2, 0.25) is 0 Å². The Labute approximate surface area is 112 Å². The normalized spacial score (nSPS) is 12.3. The minimum absolute atomic E-state index is 0.397. The van der Waals surface area contributed by atoms with E-state index in [1.807, 2.05) is 6.07 Å². The Morgan fingerprint density at radius 3 is 2.68 bits per heavy atom. The molecule has 2 aromatic rings. The average Bonchev–Trinajstić information content (AvgIpc) is 2.68. The lowest BCUT2D eigenvalue weighted by atomic mass is 9.89. The van der Waals surface area contributed by atoms with Gasteiger partial charge in [0.15, 0.2) is 0 Å². The first-order valence-electron chi connectivity index (χ1n) is 6.51. The first-order chi connectivity index (χ1) is 8.79. The summed E-state index contributed by atoms with van der Waals surface area (Å²) >= 11 is 0. The van der Waals surface area contributed by atoms with Gasteiger partial charge in [0.25, 0.3) is 0 Å². The van der Waals surface area contributed by atoms with E-state index in [4.69, 9.17) is 5.11 Å². The van der Waals surface area contributed by atoms with E-state index in [1.165, 1.54) is 5.56 Å². The molecule has 0 fully saturated rings. The molecule has 2 rings (SSSR count). The molecule has 102 valence electrons. The number of rotatable bonds is 4. The number of hydrogen-bond donors (Lipinski definition) is 2. The molecule has 0 spiro atoms. The van der Waals surface area contributed by atoms with Crippen LogP contribution in [0.15, 0.2) is 18.2 Å². The predicted molar refractivity (Wildman–Crippen MR) is 75.3 cm³/mol. The number of carboxylic acids is 1. The van der Waals surface area contributed by atoms with Crippen LogP contribution in [-0.4, -0.2) is 21.0 Å². The summed E-state index contributed by atoms with van der Waals surface area (Å²) in [4.78, 5) is 18.8. The van der Waals surface area contributed by atoms with Crippen LogP contribution in [0.5, 0.6) is 0 Å². The Morgan fingerprint density at radius 1 is 1.42 bits per heavy atom. The van der Waals surface area contributed by atoms with Crippen molar-refractivity contribution in [3.63, 3.8) is 0 Å². The molecule has 4 nitrogen and oxygen atoms in total. The fraction of sp³-hybridized carbons (Fsp3) is 0.467. The Kier molecular flexibility index (Phi) is 3.35. The highest BCUT2D eigenvalue weighted by Crippen LogP contribution is 2.24. The number of benzene rings is 1. The minimum atomic E-state index is -0.811. The number of nitrogens with one attached hydrogen (secondary N) is 1. The summed E-state index contributed by atoms with van der Waals surface area (Å²) in [7, 11) is 0. The average molecular weight is 260 g/mol. The summed E-state index contributed by atoms with van der Waals surface area (Å²) in [6.07, 6.45) is 0.397. The monoisotopic (exact) mass is 260 g/mol. The van der Waals surface area contributed by atoms with Crippen molar-refractivity contribution in [1.29, 1.82) is 0 Å². The van der Waals surface area contributed by atoms with Gasteiger partial charge < -0.3 is 10.1 Å². The standard InChI is InChI=1S/C15H20N2O2/c1-9(2)10-5-6-11-12(7-10)17-13(16-11)8-15(3,4)14(18)19/h5-7,9H,8H2,1-4H3,(H,16,17)(H,18,19). The predicted octanol–water partition coefficient (Wildman–Crippen LogP) is 3.34. The third-order valence-corrected chi connectivity index (χ3v) is 3.41. The highest BCUT2D eigenvalue weighted by molar-refractivity contribution is 5.77. The van der Waals surface area contributed by atoms with Gasteiger partial charge in [-0.1, -0.05) is 19.9 Å². The number of hydrogen-bond acceptors (Lipinski definition) is 2. The van der Waals surface area contributed by atoms with Gasteiger partial charge in [-0.15, -0.1) is 0 Å². The van der Waals surface area contributed by atoms with E-state index < -0.39 is 11.4 Å². The zero-order valence-corrected chi connectivity index (χ0v) is 11.8. The van der Waals surface area contributed by atoms with E-state index in [9.17, 15) is 4.79 Å². The van der Waals surface area contributed by atoms with E-state index in [1.54, 1.807) is 13.8 Å². The Bertz CT molecular complexity index is 612. The van der Waals surface area contributed by atoms with Crippen molar-refractivity contribution in [3.05, 3.63) is 29.6 Å². The Morgan fingerprint density at radius 2 is 2.11 bits per heavy atom. The summed E-state index contributed by atoms with van der Waals surface area (Å²) in [5.74, 6) is 0.380. The van der Waals surface area contributed by atoms with Crippen LogP contribution in [0, 0.1) is 5.41 Å². The van der Waals surface area contributed by atoms with Gasteiger partial charge in [-0.05, 0) is 37.5 Å². The largest absolute Gasteiger partial charge is 0.481 e. The molecule has 0 aliphatic carbocycles. The smallest absolute Gasteiger partial charge is 0.309 e. The number of carboxylic acid groups (broad SMARTS) is 1. The lowest BCUT2D eigenvalue weighted by Gasteiger charge is -2.16. The van der Waals surface area contributed by atoms with E-state index in [2.05, 4.69) is 35.9 Å². The van der Waals surface area contributed by atoms with Crippen molar-refractivity contribution in [2.24, 2.45) is 5.41 Å². The number of H-pyrrole nitrogens is 1. The van der Waals surface area contributed by atoms with Crippen LogP contribution < -0.4 is 0 Å². The molecule has 0 radical (unpaired) electrons. The maximum Gasteiger partial charge on any atom is 0.309 e. The molecule has 0 saturated heterocycles. The van der Waals surface area contributed by atoms with Gasteiger partial charge in [0, 0.05) is 6.42 Å². The minimum Gasteiger partial charge on any atom is -0.481 e. The molecule has 0 amide bonds. The van der Waals surface area contributed by atoms with Gasteiger partial charge in [0.05, 0.1) is 16.4 Å². The zero-order chi connectivity index (χ0) is 14.2. The van der Waals surface area contributed by atoms with E-state index in [0.717, 1.165) is 16.9 Å². The van der Waals surface area contributed by atoms with Gasteiger partial charge in [-0.2, -0.15) is 0 Å². The van der Waals surface area contributed by atoms with Gasteiger partial charge >= 0.3 is 5.97 Å². The number of aromatic amines is 1. The third-order valence-electron chi connectivity index (χ3n) is 3.41. The second kappa shape index (κ2) is 4.68. The molecule has 4 heteroatoms. The molecule has 0 unspecified atom stereocenters. The van der Waals surface area contributed by atoms with Crippen molar-refractivity contribution in [2.45, 2.75) is 40.0 Å². The summed E-state index contributed by atoms with van der Waals surface area (Å²) < 4.78 is 0. The van der Waals surface area contributed by atoms with Crippen molar-refractivity contribution in [2.75, 3.05) is 0 Å². The fourth-order valence-corrected chi connectivity index (χ4v) is 2.02. The van der Waals surface area contributed by atoms with Crippen LogP contribution >= 0.6 is 0 Å². The second-order valence-electron chi connectivity index (χ2n) is 5.98. The molecule has 0 atom stereocenters. The lowest BCUT2D eigenvalue weighted by Crippen LogP contribution is -2.26. The maximum atomic E-state index is 11.1. The lowest BCUT2D eigenvalue weighted by molar-refractivity contribution is -0.146. The molecule has 0 aliphatic heterocycles. The van der Waals surface area contributed by atoms with Crippen molar-refractivity contribution >= 4 is 17.0 Å². The number of aromatic nitrogens is 2. The number of carbonyl (C=O) groups is 1. The molecule has 1 aromatic carbocycles. The molecule has 1 heterocycles. The number of aliphatic carboxylic acids is 1. The molecular formula is C15H20N2O2. The molecule has 0 aliphatic rings. The van der Waals surface area contributed by atoms with Crippen LogP contribution in [0.25, 0.3) is 11.0 Å². The van der Waals surface area contributed by atoms with Crippen LogP contribution in [0.2, 0.25) is 0 Å². The van der Waals surface area contributed by atoms with Crippen LogP contribution in [0.4, 0.5) is 0 Å². The summed E-state index contributed by atoms with van der Waals surface area (Å²) in [6, 6.07) is 6.14. The van der Waals surface area contributed by atoms with E-state index >= 15 is 0 Å². The van der Waals surface area contributed by atoms with Gasteiger partial charge in [-0.25, -0.2) is 4.98 Å². The molecular weight excluding hydrogens is 240 g/mol. The zero-order valence-electron chi connectivity index (χ0n) is 11.8. The number of imidazole rings is 1. The van der Waals surface area contributed by atoms with Crippen molar-refractivity contribution in [3.8, 4) is 0 Å². The quantitative estimate of drug-likeness (QED) is 0.886. The first kappa shape index (κ1) is 13.6. The van der Waals surface area contributed by atoms with Crippen LogP contribution in [0.3, 0.4) is 0 Å². The Balaban J connectivity index is 2.34. The van der Waals surface area contributed by atoms with Crippen LogP contribution in [0.1, 0.15) is 45.0 Å². The SMILES string of the molecule is CC(C)c1ccc2nc(CC(C)(C)C(=O)O)[nH]c2c1. The van der Waals surface area contributed by atoms with Gasteiger partial charge in [-0.3, -0.25) is 4.79 Å². The number of nitrogens with zero attached hydrogens (tertiary/aromatic N) is 1. The summed E-state index contributed by atoms with van der Waals surface area (Å²) in [5.41, 5.74) is 2.30.